The summed E-state index contributed by atoms with van der Waals surface area (Å²) in [5.41, 5.74) is 7.19. The van der Waals surface area contributed by atoms with Gasteiger partial charge in [0.05, 0.1) is 17.2 Å². The fourth-order valence-electron chi connectivity index (χ4n) is 1.37. The molecule has 0 radical (unpaired) electrons. The molecule has 18 heavy (non-hydrogen) atoms. The number of nitrogen functional groups attached to an aromatic ring is 1. The number of hydrogen-bond donors (Lipinski definition) is 1. The highest BCUT2D eigenvalue weighted by atomic mass is 32.1. The van der Waals surface area contributed by atoms with E-state index in [1.807, 2.05) is 13.0 Å². The summed E-state index contributed by atoms with van der Waals surface area (Å²) in [7, 11) is 0. The summed E-state index contributed by atoms with van der Waals surface area (Å²) in [6.07, 6.45) is 0. The zero-order valence-corrected chi connectivity index (χ0v) is 10.8. The van der Waals surface area contributed by atoms with E-state index in [4.69, 9.17) is 10.5 Å². The Morgan fingerprint density at radius 1 is 1.44 bits per heavy atom. The third kappa shape index (κ3) is 2.45. The van der Waals surface area contributed by atoms with Gasteiger partial charge in [-0.25, -0.2) is 9.78 Å². The standard InChI is InChI=1S/C11H12N4O2S/c1-3-17-10(16)8-9(18-11(12)13-8)7-5-4-6(2)14-15-7/h4-5H,3H2,1-2H3,(H2,12,13). The lowest BCUT2D eigenvalue weighted by molar-refractivity contribution is 0.0521. The average Bonchev–Trinajstić information content (AvgIpc) is 2.73. The molecule has 6 nitrogen and oxygen atoms in total. The van der Waals surface area contributed by atoms with E-state index in [1.165, 1.54) is 11.3 Å². The quantitative estimate of drug-likeness (QED) is 0.848. The first-order valence-corrected chi connectivity index (χ1v) is 6.17. The highest BCUT2D eigenvalue weighted by Crippen LogP contribution is 2.30. The molecule has 0 amide bonds. The van der Waals surface area contributed by atoms with Crippen molar-refractivity contribution in [3.8, 4) is 10.6 Å². The fraction of sp³-hybridized carbons (Fsp3) is 0.273. The molecular weight excluding hydrogens is 252 g/mol. The summed E-state index contributed by atoms with van der Waals surface area (Å²) in [6, 6.07) is 3.59. The zero-order valence-electron chi connectivity index (χ0n) is 10.0. The molecule has 0 bridgehead atoms. The molecular formula is C11H12N4O2S. The number of ether oxygens (including phenoxy) is 1. The third-order valence-corrected chi connectivity index (χ3v) is 3.05. The van der Waals surface area contributed by atoms with E-state index >= 15 is 0 Å². The maximum Gasteiger partial charge on any atom is 0.358 e. The molecule has 2 aromatic rings. The van der Waals surface area contributed by atoms with Crippen LogP contribution in [0.3, 0.4) is 0 Å². The van der Waals surface area contributed by atoms with Crippen LogP contribution < -0.4 is 5.73 Å². The van der Waals surface area contributed by atoms with Crippen LogP contribution in [0.15, 0.2) is 12.1 Å². The van der Waals surface area contributed by atoms with Crippen molar-refractivity contribution in [1.29, 1.82) is 0 Å². The minimum absolute atomic E-state index is 0.192. The number of hydrogen-bond acceptors (Lipinski definition) is 7. The second kappa shape index (κ2) is 5.09. The van der Waals surface area contributed by atoms with E-state index in [1.54, 1.807) is 13.0 Å². The van der Waals surface area contributed by atoms with Crippen LogP contribution in [0.1, 0.15) is 23.1 Å². The second-order valence-corrected chi connectivity index (χ2v) is 4.54. The van der Waals surface area contributed by atoms with Gasteiger partial charge in [-0.15, -0.1) is 5.10 Å². The summed E-state index contributed by atoms with van der Waals surface area (Å²) in [6.45, 7) is 3.86. The molecule has 2 heterocycles. The average molecular weight is 264 g/mol. The molecule has 0 saturated carbocycles. The lowest BCUT2D eigenvalue weighted by Crippen LogP contribution is -2.07. The number of carbonyl (C=O) groups is 1. The van der Waals surface area contributed by atoms with Crippen molar-refractivity contribution in [2.45, 2.75) is 13.8 Å². The van der Waals surface area contributed by atoms with E-state index in [2.05, 4.69) is 15.2 Å². The molecule has 0 aliphatic carbocycles. The number of aryl methyl sites for hydroxylation is 1. The SMILES string of the molecule is CCOC(=O)c1nc(N)sc1-c1ccc(C)nn1. The smallest absolute Gasteiger partial charge is 0.358 e. The molecule has 0 aliphatic rings. The van der Waals surface area contributed by atoms with Gasteiger partial charge in [0, 0.05) is 0 Å². The van der Waals surface area contributed by atoms with Crippen LogP contribution in [0.2, 0.25) is 0 Å². The highest BCUT2D eigenvalue weighted by molar-refractivity contribution is 7.19. The number of nitrogens with zero attached hydrogens (tertiary/aromatic N) is 3. The van der Waals surface area contributed by atoms with Gasteiger partial charge in [0.2, 0.25) is 0 Å². The van der Waals surface area contributed by atoms with Crippen molar-refractivity contribution in [2.75, 3.05) is 12.3 Å². The van der Waals surface area contributed by atoms with Crippen LogP contribution in [0.5, 0.6) is 0 Å². The molecule has 0 unspecified atom stereocenters. The monoisotopic (exact) mass is 264 g/mol. The molecule has 0 aliphatic heterocycles. The Balaban J connectivity index is 2.44. The first kappa shape index (κ1) is 12.4. The topological polar surface area (TPSA) is 91.0 Å². The summed E-state index contributed by atoms with van der Waals surface area (Å²) in [5.74, 6) is -0.497. The van der Waals surface area contributed by atoms with E-state index < -0.39 is 5.97 Å². The Morgan fingerprint density at radius 2 is 2.22 bits per heavy atom. The minimum Gasteiger partial charge on any atom is -0.461 e. The number of nitrogens with two attached hydrogens (primary N) is 1. The molecule has 7 heteroatoms. The van der Waals surface area contributed by atoms with Crippen molar-refractivity contribution in [1.82, 2.24) is 15.2 Å². The Labute approximate surface area is 108 Å². The van der Waals surface area contributed by atoms with Gasteiger partial charge in [-0.1, -0.05) is 11.3 Å². The predicted octanol–water partition coefficient (Wildman–Crippen LogP) is 1.67. The van der Waals surface area contributed by atoms with Crippen molar-refractivity contribution in [3.05, 3.63) is 23.5 Å². The molecule has 0 atom stereocenters. The fourth-order valence-corrected chi connectivity index (χ4v) is 2.15. The molecule has 0 fully saturated rings. The highest BCUT2D eigenvalue weighted by Gasteiger charge is 2.20. The van der Waals surface area contributed by atoms with Crippen LogP contribution in [-0.2, 0) is 4.74 Å². The van der Waals surface area contributed by atoms with Gasteiger partial charge < -0.3 is 10.5 Å². The molecule has 2 rings (SSSR count). The van der Waals surface area contributed by atoms with E-state index in [-0.39, 0.29) is 12.3 Å². The summed E-state index contributed by atoms with van der Waals surface area (Å²) >= 11 is 1.19. The number of anilines is 1. The number of esters is 1. The van der Waals surface area contributed by atoms with Crippen molar-refractivity contribution >= 4 is 22.4 Å². The van der Waals surface area contributed by atoms with Crippen LogP contribution >= 0.6 is 11.3 Å². The van der Waals surface area contributed by atoms with E-state index in [0.717, 1.165) is 5.69 Å². The molecule has 2 aromatic heterocycles. The van der Waals surface area contributed by atoms with Gasteiger partial charge in [0.1, 0.15) is 5.69 Å². The number of carbonyl (C=O) groups excluding carboxylic acids is 1. The normalized spacial score (nSPS) is 10.3. The summed E-state index contributed by atoms with van der Waals surface area (Å²) in [4.78, 5) is 16.3. The van der Waals surface area contributed by atoms with Gasteiger partial charge in [-0.05, 0) is 26.0 Å². The van der Waals surface area contributed by atoms with Gasteiger partial charge in [-0.2, -0.15) is 5.10 Å². The molecule has 2 N–H and O–H groups in total. The lowest BCUT2D eigenvalue weighted by atomic mass is 10.2. The Bertz CT molecular complexity index is 565. The largest absolute Gasteiger partial charge is 0.461 e. The third-order valence-electron chi connectivity index (χ3n) is 2.14. The molecule has 0 aromatic carbocycles. The van der Waals surface area contributed by atoms with Crippen molar-refractivity contribution in [2.24, 2.45) is 0 Å². The lowest BCUT2D eigenvalue weighted by Gasteiger charge is -2.01. The van der Waals surface area contributed by atoms with Gasteiger partial charge in [-0.3, -0.25) is 0 Å². The maximum atomic E-state index is 11.7. The minimum atomic E-state index is -0.497. The number of aromatic nitrogens is 3. The number of thiazole rings is 1. The van der Waals surface area contributed by atoms with Crippen LogP contribution in [0, 0.1) is 6.92 Å². The van der Waals surface area contributed by atoms with E-state index in [0.29, 0.717) is 15.7 Å². The van der Waals surface area contributed by atoms with Gasteiger partial charge in [0.15, 0.2) is 10.8 Å². The second-order valence-electron chi connectivity index (χ2n) is 3.51. The first-order chi connectivity index (χ1) is 8.61. The summed E-state index contributed by atoms with van der Waals surface area (Å²) in [5, 5.41) is 8.27. The van der Waals surface area contributed by atoms with E-state index in [9.17, 15) is 4.79 Å². The van der Waals surface area contributed by atoms with Crippen molar-refractivity contribution < 1.29 is 9.53 Å². The predicted molar refractivity (Wildman–Crippen MR) is 68.2 cm³/mol. The van der Waals surface area contributed by atoms with Crippen molar-refractivity contribution in [3.63, 3.8) is 0 Å². The van der Waals surface area contributed by atoms with Crippen LogP contribution in [-0.4, -0.2) is 27.8 Å². The van der Waals surface area contributed by atoms with Gasteiger partial charge in [0.25, 0.3) is 0 Å². The Hall–Kier alpha value is -2.02. The zero-order chi connectivity index (χ0) is 13.1. The molecule has 94 valence electrons. The molecule has 0 saturated heterocycles. The Kier molecular flexibility index (Phi) is 3.52. The Morgan fingerprint density at radius 3 is 2.83 bits per heavy atom. The summed E-state index contributed by atoms with van der Waals surface area (Å²) < 4.78 is 4.93. The van der Waals surface area contributed by atoms with Gasteiger partial charge >= 0.3 is 5.97 Å². The van der Waals surface area contributed by atoms with Crippen LogP contribution in [0.4, 0.5) is 5.13 Å². The van der Waals surface area contributed by atoms with Crippen LogP contribution in [0.25, 0.3) is 10.6 Å². The first-order valence-electron chi connectivity index (χ1n) is 5.36. The maximum absolute atomic E-state index is 11.7. The molecule has 0 spiro atoms. The number of rotatable bonds is 3.